The Morgan fingerprint density at radius 1 is 1.20 bits per heavy atom. The quantitative estimate of drug-likeness (QED) is 0.875. The summed E-state index contributed by atoms with van der Waals surface area (Å²) in [5.74, 6) is 0.0602. The first kappa shape index (κ1) is 17.4. The number of benzene rings is 2. The molecule has 3 rings (SSSR count). The summed E-state index contributed by atoms with van der Waals surface area (Å²) >= 11 is 0. The van der Waals surface area contributed by atoms with E-state index in [1.807, 2.05) is 0 Å². The maximum absolute atomic E-state index is 13.2. The fraction of sp³-hybridized carbons (Fsp3) is 0.316. The molecule has 1 amide bonds. The minimum Gasteiger partial charge on any atom is -0.489 e. The Labute approximate surface area is 145 Å². The first-order valence-corrected chi connectivity index (χ1v) is 8.21. The summed E-state index contributed by atoms with van der Waals surface area (Å²) in [6.45, 7) is 1.22. The van der Waals surface area contributed by atoms with E-state index in [-0.39, 0.29) is 18.3 Å². The highest BCUT2D eigenvalue weighted by atomic mass is 19.1. The molecule has 5 nitrogen and oxygen atoms in total. The molecular weight excluding hydrogens is 323 g/mol. The van der Waals surface area contributed by atoms with Crippen LogP contribution in [0.25, 0.3) is 0 Å². The topological polar surface area (TPSA) is 73.6 Å². The number of carbonyl (C=O) groups excluding carboxylic acids is 1. The predicted octanol–water partition coefficient (Wildman–Crippen LogP) is 2.85. The molecule has 0 radical (unpaired) electrons. The number of carbonyl (C=O) groups is 1. The van der Waals surface area contributed by atoms with Crippen molar-refractivity contribution in [2.24, 2.45) is 5.73 Å². The highest BCUT2D eigenvalue weighted by Crippen LogP contribution is 2.23. The number of hydrogen-bond donors (Lipinski definition) is 2. The molecule has 132 valence electrons. The van der Waals surface area contributed by atoms with Crippen molar-refractivity contribution in [2.75, 3.05) is 18.5 Å². The Hall–Kier alpha value is -2.44. The molecule has 6 heteroatoms. The monoisotopic (exact) mass is 344 g/mol. The molecule has 0 aliphatic carbocycles. The number of nitrogens with one attached hydrogen (secondary N) is 1. The Kier molecular flexibility index (Phi) is 5.31. The van der Waals surface area contributed by atoms with Crippen molar-refractivity contribution in [1.82, 2.24) is 0 Å². The average molecular weight is 344 g/mol. The second-order valence-corrected chi connectivity index (χ2v) is 6.17. The van der Waals surface area contributed by atoms with Gasteiger partial charge in [0.2, 0.25) is 5.91 Å². The van der Waals surface area contributed by atoms with Gasteiger partial charge in [0.15, 0.2) is 0 Å². The van der Waals surface area contributed by atoms with Gasteiger partial charge in [-0.1, -0.05) is 18.2 Å². The average Bonchev–Trinajstić information content (AvgIpc) is 2.61. The van der Waals surface area contributed by atoms with Crippen molar-refractivity contribution in [3.63, 3.8) is 0 Å². The van der Waals surface area contributed by atoms with Crippen LogP contribution in [0, 0.1) is 5.82 Å². The van der Waals surface area contributed by atoms with E-state index in [0.29, 0.717) is 37.5 Å². The zero-order valence-electron chi connectivity index (χ0n) is 13.8. The van der Waals surface area contributed by atoms with E-state index >= 15 is 0 Å². The van der Waals surface area contributed by atoms with Crippen molar-refractivity contribution >= 4 is 11.6 Å². The van der Waals surface area contributed by atoms with Gasteiger partial charge in [-0.2, -0.15) is 0 Å². The van der Waals surface area contributed by atoms with E-state index < -0.39 is 5.54 Å². The summed E-state index contributed by atoms with van der Waals surface area (Å²) in [6, 6.07) is 13.3. The van der Waals surface area contributed by atoms with E-state index in [4.69, 9.17) is 15.2 Å². The second-order valence-electron chi connectivity index (χ2n) is 6.17. The predicted molar refractivity (Wildman–Crippen MR) is 92.8 cm³/mol. The summed E-state index contributed by atoms with van der Waals surface area (Å²) in [5, 5.41) is 2.84. The largest absolute Gasteiger partial charge is 0.489 e. The lowest BCUT2D eigenvalue weighted by atomic mass is 9.90. The third-order valence-corrected chi connectivity index (χ3v) is 4.22. The van der Waals surface area contributed by atoms with E-state index in [2.05, 4.69) is 5.32 Å². The number of amides is 1. The lowest BCUT2D eigenvalue weighted by Gasteiger charge is -2.31. The smallest absolute Gasteiger partial charge is 0.244 e. The third kappa shape index (κ3) is 4.55. The number of rotatable bonds is 5. The zero-order valence-corrected chi connectivity index (χ0v) is 13.8. The number of anilines is 1. The molecule has 0 bridgehead atoms. The minimum atomic E-state index is -0.906. The van der Waals surface area contributed by atoms with Crippen LogP contribution in [0.1, 0.15) is 18.4 Å². The zero-order chi connectivity index (χ0) is 17.7. The maximum Gasteiger partial charge on any atom is 0.244 e. The van der Waals surface area contributed by atoms with Crippen molar-refractivity contribution < 1.29 is 18.7 Å². The lowest BCUT2D eigenvalue weighted by Crippen LogP contribution is -2.54. The highest BCUT2D eigenvalue weighted by Gasteiger charge is 2.35. The first-order chi connectivity index (χ1) is 12.0. The van der Waals surface area contributed by atoms with Crippen LogP contribution in [0.2, 0.25) is 0 Å². The van der Waals surface area contributed by atoms with Gasteiger partial charge in [-0.25, -0.2) is 4.39 Å². The van der Waals surface area contributed by atoms with Crippen LogP contribution in [0.3, 0.4) is 0 Å². The SMILES string of the molecule is NC1(C(=O)Nc2cccc(OCc3cccc(F)c3)c2)CCOCC1. The van der Waals surface area contributed by atoms with Crippen molar-refractivity contribution in [1.29, 1.82) is 0 Å². The molecule has 0 saturated carbocycles. The molecular formula is C19H21FN2O3. The Balaban J connectivity index is 1.62. The van der Waals surface area contributed by atoms with E-state index in [9.17, 15) is 9.18 Å². The first-order valence-electron chi connectivity index (χ1n) is 8.21. The standard InChI is InChI=1S/C19H21FN2O3/c20-15-4-1-3-14(11-15)13-25-17-6-2-5-16(12-17)22-18(23)19(21)7-9-24-10-8-19/h1-6,11-12H,7-10,13,21H2,(H,22,23). The van der Waals surface area contributed by atoms with Crippen molar-refractivity contribution in [3.05, 3.63) is 59.9 Å². The van der Waals surface area contributed by atoms with Crippen LogP contribution in [0.15, 0.2) is 48.5 Å². The molecule has 1 aliphatic heterocycles. The van der Waals surface area contributed by atoms with Gasteiger partial charge in [0, 0.05) is 25.0 Å². The molecule has 0 spiro atoms. The second kappa shape index (κ2) is 7.63. The molecule has 1 aliphatic rings. The highest BCUT2D eigenvalue weighted by molar-refractivity contribution is 5.98. The molecule has 2 aromatic carbocycles. The van der Waals surface area contributed by atoms with Crippen LogP contribution in [0.5, 0.6) is 5.75 Å². The summed E-state index contributed by atoms with van der Waals surface area (Å²) in [4.78, 5) is 12.4. The van der Waals surface area contributed by atoms with Crippen LogP contribution in [-0.2, 0) is 16.1 Å². The lowest BCUT2D eigenvalue weighted by molar-refractivity contribution is -0.124. The van der Waals surface area contributed by atoms with E-state index in [1.165, 1.54) is 12.1 Å². The van der Waals surface area contributed by atoms with Crippen molar-refractivity contribution in [3.8, 4) is 5.75 Å². The Bertz CT molecular complexity index is 745. The third-order valence-electron chi connectivity index (χ3n) is 4.22. The van der Waals surface area contributed by atoms with Gasteiger partial charge in [0.25, 0.3) is 0 Å². The molecule has 1 fully saturated rings. The van der Waals surface area contributed by atoms with Gasteiger partial charge >= 0.3 is 0 Å². The van der Waals surface area contributed by atoms with Gasteiger partial charge in [-0.05, 0) is 42.7 Å². The van der Waals surface area contributed by atoms with Gasteiger partial charge in [-0.3, -0.25) is 4.79 Å². The van der Waals surface area contributed by atoms with Crippen molar-refractivity contribution in [2.45, 2.75) is 25.0 Å². The van der Waals surface area contributed by atoms with Crippen LogP contribution in [-0.4, -0.2) is 24.7 Å². The maximum atomic E-state index is 13.2. The summed E-state index contributed by atoms with van der Waals surface area (Å²) in [5.41, 5.74) is 6.62. The van der Waals surface area contributed by atoms with Crippen LogP contribution in [0.4, 0.5) is 10.1 Å². The molecule has 2 aromatic rings. The van der Waals surface area contributed by atoms with Crippen LogP contribution >= 0.6 is 0 Å². The fourth-order valence-electron chi connectivity index (χ4n) is 2.68. The summed E-state index contributed by atoms with van der Waals surface area (Å²) in [6.07, 6.45) is 0.989. The normalized spacial score (nSPS) is 16.2. The van der Waals surface area contributed by atoms with Crippen LogP contribution < -0.4 is 15.8 Å². The molecule has 1 heterocycles. The summed E-state index contributed by atoms with van der Waals surface area (Å²) < 4.78 is 24.1. The molecule has 0 atom stereocenters. The number of nitrogens with two attached hydrogens (primary N) is 1. The van der Waals surface area contributed by atoms with E-state index in [1.54, 1.807) is 36.4 Å². The minimum absolute atomic E-state index is 0.224. The fourth-order valence-corrected chi connectivity index (χ4v) is 2.68. The number of halogens is 1. The molecule has 3 N–H and O–H groups in total. The Morgan fingerprint density at radius 3 is 2.72 bits per heavy atom. The molecule has 1 saturated heterocycles. The van der Waals surface area contributed by atoms with E-state index in [0.717, 1.165) is 5.56 Å². The Morgan fingerprint density at radius 2 is 1.96 bits per heavy atom. The molecule has 0 unspecified atom stereocenters. The number of hydrogen-bond acceptors (Lipinski definition) is 4. The molecule has 0 aromatic heterocycles. The van der Waals surface area contributed by atoms with Gasteiger partial charge in [-0.15, -0.1) is 0 Å². The number of ether oxygens (including phenoxy) is 2. The van der Waals surface area contributed by atoms with Gasteiger partial charge < -0.3 is 20.5 Å². The summed E-state index contributed by atoms with van der Waals surface area (Å²) in [7, 11) is 0. The van der Waals surface area contributed by atoms with Gasteiger partial charge in [0.05, 0.1) is 0 Å². The van der Waals surface area contributed by atoms with Gasteiger partial charge in [0.1, 0.15) is 23.7 Å². The molecule has 25 heavy (non-hydrogen) atoms.